The topological polar surface area (TPSA) is 81.6 Å². The van der Waals surface area contributed by atoms with Gasteiger partial charge in [0.1, 0.15) is 5.58 Å². The van der Waals surface area contributed by atoms with Crippen molar-refractivity contribution in [3.63, 3.8) is 0 Å². The van der Waals surface area contributed by atoms with E-state index in [4.69, 9.17) is 13.7 Å². The Morgan fingerprint density at radius 2 is 1.97 bits per heavy atom. The van der Waals surface area contributed by atoms with Gasteiger partial charge in [0.2, 0.25) is 11.7 Å². The second-order valence-corrected chi connectivity index (χ2v) is 8.29. The maximum absolute atomic E-state index is 13.1. The molecule has 0 N–H and O–H groups in total. The van der Waals surface area contributed by atoms with Gasteiger partial charge in [-0.3, -0.25) is 4.79 Å². The van der Waals surface area contributed by atoms with Gasteiger partial charge in [0.25, 0.3) is 5.89 Å². The lowest BCUT2D eigenvalue weighted by Gasteiger charge is -2.31. The number of hydrogen-bond donors (Lipinski definition) is 0. The Kier molecular flexibility index (Phi) is 5.27. The summed E-state index contributed by atoms with van der Waals surface area (Å²) >= 11 is 0. The number of aromatic nitrogens is 2. The maximum Gasteiger partial charge on any atom is 0.257 e. The van der Waals surface area contributed by atoms with Gasteiger partial charge < -0.3 is 18.6 Å². The monoisotopic (exact) mass is 431 g/mol. The molecule has 0 unspecified atom stereocenters. The number of ether oxygens (including phenoxy) is 1. The molecule has 4 aromatic rings. The van der Waals surface area contributed by atoms with Crippen LogP contribution < -0.4 is 0 Å². The third kappa shape index (κ3) is 3.69. The van der Waals surface area contributed by atoms with Crippen molar-refractivity contribution >= 4 is 16.9 Å². The Bertz CT molecular complexity index is 1290. The summed E-state index contributed by atoms with van der Waals surface area (Å²) in [6.07, 6.45) is 1.53. The van der Waals surface area contributed by atoms with Gasteiger partial charge in [-0.1, -0.05) is 41.6 Å². The lowest BCUT2D eigenvalue weighted by molar-refractivity contribution is -0.139. The molecule has 3 heterocycles. The highest BCUT2D eigenvalue weighted by molar-refractivity contribution is 5.89. The van der Waals surface area contributed by atoms with Crippen molar-refractivity contribution in [3.8, 4) is 11.4 Å². The Morgan fingerprint density at radius 1 is 1.12 bits per heavy atom. The molecule has 0 bridgehead atoms. The molecular weight excluding hydrogens is 406 g/mol. The number of benzene rings is 2. The van der Waals surface area contributed by atoms with Crippen LogP contribution in [-0.2, 0) is 16.0 Å². The number of morpholine rings is 1. The summed E-state index contributed by atoms with van der Waals surface area (Å²) in [5.41, 5.74) is 6.01. The minimum atomic E-state index is -0.441. The summed E-state index contributed by atoms with van der Waals surface area (Å²) in [7, 11) is 0. The maximum atomic E-state index is 13.1. The van der Waals surface area contributed by atoms with Crippen LogP contribution in [-0.4, -0.2) is 40.6 Å². The molecule has 1 amide bonds. The molecule has 0 aliphatic carbocycles. The van der Waals surface area contributed by atoms with Crippen molar-refractivity contribution in [3.05, 3.63) is 70.8 Å². The van der Waals surface area contributed by atoms with Gasteiger partial charge in [-0.15, -0.1) is 0 Å². The summed E-state index contributed by atoms with van der Waals surface area (Å²) in [4.78, 5) is 19.4. The fourth-order valence-electron chi connectivity index (χ4n) is 4.12. The molecule has 1 fully saturated rings. The molecule has 2 aromatic heterocycles. The molecule has 32 heavy (non-hydrogen) atoms. The van der Waals surface area contributed by atoms with Crippen molar-refractivity contribution in [1.82, 2.24) is 15.0 Å². The standard InChI is InChI=1S/C25H25N3O4/c1-15-8-9-20-18(14-31-23(20)17(15)3)12-22(29)28-10-11-30-21(13-28)25-26-24(27-32-25)19-7-5-4-6-16(19)2/h4-9,14,21H,10-13H2,1-3H3/t21-/m0/s1. The number of furan rings is 1. The van der Waals surface area contributed by atoms with E-state index in [0.717, 1.165) is 33.2 Å². The van der Waals surface area contributed by atoms with E-state index >= 15 is 0 Å². The van der Waals surface area contributed by atoms with Gasteiger partial charge in [0.15, 0.2) is 6.10 Å². The predicted molar refractivity (Wildman–Crippen MR) is 119 cm³/mol. The first-order valence-corrected chi connectivity index (χ1v) is 10.8. The number of rotatable bonds is 4. The number of amides is 1. The predicted octanol–water partition coefficient (Wildman–Crippen LogP) is 4.55. The molecule has 164 valence electrons. The molecule has 2 aromatic carbocycles. The minimum absolute atomic E-state index is 0.0258. The normalized spacial score (nSPS) is 16.6. The SMILES string of the molecule is Cc1ccccc1-c1noc([C@@H]2CN(C(=O)Cc3coc4c(C)c(C)ccc34)CCO2)n1. The highest BCUT2D eigenvalue weighted by Gasteiger charge is 2.30. The number of carbonyl (C=O) groups excluding carboxylic acids is 1. The van der Waals surface area contributed by atoms with Crippen LogP contribution in [0.1, 0.15) is 34.2 Å². The molecule has 5 rings (SSSR count). The van der Waals surface area contributed by atoms with Crippen molar-refractivity contribution < 1.29 is 18.5 Å². The summed E-state index contributed by atoms with van der Waals surface area (Å²) in [6.45, 7) is 7.42. The van der Waals surface area contributed by atoms with Crippen LogP contribution in [0.3, 0.4) is 0 Å². The number of fused-ring (bicyclic) bond motifs is 1. The summed E-state index contributed by atoms with van der Waals surface area (Å²) in [5.74, 6) is 0.944. The zero-order valence-electron chi connectivity index (χ0n) is 18.4. The number of aryl methyl sites for hydroxylation is 3. The largest absolute Gasteiger partial charge is 0.464 e. The number of carbonyl (C=O) groups is 1. The van der Waals surface area contributed by atoms with Crippen LogP contribution in [0.4, 0.5) is 0 Å². The fourth-order valence-corrected chi connectivity index (χ4v) is 4.12. The average molecular weight is 431 g/mol. The Hall–Kier alpha value is -3.45. The molecule has 7 nitrogen and oxygen atoms in total. The molecule has 1 aliphatic heterocycles. The van der Waals surface area contributed by atoms with Gasteiger partial charge in [-0.05, 0) is 37.5 Å². The quantitative estimate of drug-likeness (QED) is 0.471. The lowest BCUT2D eigenvalue weighted by atomic mass is 10.0. The first kappa shape index (κ1) is 20.5. The highest BCUT2D eigenvalue weighted by Crippen LogP contribution is 2.29. The number of nitrogens with zero attached hydrogens (tertiary/aromatic N) is 3. The lowest BCUT2D eigenvalue weighted by Crippen LogP contribution is -2.43. The smallest absolute Gasteiger partial charge is 0.257 e. The third-order valence-electron chi connectivity index (χ3n) is 6.21. The van der Waals surface area contributed by atoms with E-state index in [1.54, 1.807) is 11.2 Å². The van der Waals surface area contributed by atoms with Crippen LogP contribution in [0, 0.1) is 20.8 Å². The Labute approximate surface area is 186 Å². The summed E-state index contributed by atoms with van der Waals surface area (Å²) < 4.78 is 17.1. The van der Waals surface area contributed by atoms with Crippen LogP contribution in [0.15, 0.2) is 51.6 Å². The van der Waals surface area contributed by atoms with Crippen LogP contribution in [0.5, 0.6) is 0 Å². The first-order chi connectivity index (χ1) is 15.5. The second kappa shape index (κ2) is 8.24. The van der Waals surface area contributed by atoms with Crippen LogP contribution in [0.25, 0.3) is 22.4 Å². The van der Waals surface area contributed by atoms with E-state index in [2.05, 4.69) is 23.1 Å². The van der Waals surface area contributed by atoms with Crippen LogP contribution in [0.2, 0.25) is 0 Å². The summed E-state index contributed by atoms with van der Waals surface area (Å²) in [5, 5.41) is 5.11. The third-order valence-corrected chi connectivity index (χ3v) is 6.21. The van der Waals surface area contributed by atoms with E-state index in [0.29, 0.717) is 31.4 Å². The molecule has 0 spiro atoms. The molecule has 1 atom stereocenters. The van der Waals surface area contributed by atoms with E-state index in [-0.39, 0.29) is 12.3 Å². The molecule has 7 heteroatoms. The van der Waals surface area contributed by atoms with E-state index in [9.17, 15) is 4.79 Å². The van der Waals surface area contributed by atoms with Gasteiger partial charge >= 0.3 is 0 Å². The van der Waals surface area contributed by atoms with Crippen LogP contribution >= 0.6 is 0 Å². The van der Waals surface area contributed by atoms with E-state index in [1.807, 2.05) is 44.2 Å². The minimum Gasteiger partial charge on any atom is -0.464 e. The first-order valence-electron chi connectivity index (χ1n) is 10.8. The fraction of sp³-hybridized carbons (Fsp3) is 0.320. The Morgan fingerprint density at radius 3 is 2.81 bits per heavy atom. The molecule has 0 radical (unpaired) electrons. The average Bonchev–Trinajstić information content (AvgIpc) is 3.45. The molecule has 1 aliphatic rings. The van der Waals surface area contributed by atoms with Crippen molar-refractivity contribution in [2.75, 3.05) is 19.7 Å². The van der Waals surface area contributed by atoms with Crippen molar-refractivity contribution in [2.45, 2.75) is 33.3 Å². The van der Waals surface area contributed by atoms with E-state index < -0.39 is 6.10 Å². The van der Waals surface area contributed by atoms with Crippen molar-refractivity contribution in [2.24, 2.45) is 0 Å². The molecule has 1 saturated heterocycles. The number of hydrogen-bond acceptors (Lipinski definition) is 6. The molecular formula is C25H25N3O4. The van der Waals surface area contributed by atoms with Gasteiger partial charge in [0, 0.05) is 23.1 Å². The van der Waals surface area contributed by atoms with Gasteiger partial charge in [-0.2, -0.15) is 4.98 Å². The summed E-state index contributed by atoms with van der Waals surface area (Å²) in [6, 6.07) is 12.0. The van der Waals surface area contributed by atoms with Gasteiger partial charge in [-0.25, -0.2) is 0 Å². The molecule has 0 saturated carbocycles. The second-order valence-electron chi connectivity index (χ2n) is 8.29. The van der Waals surface area contributed by atoms with Crippen molar-refractivity contribution in [1.29, 1.82) is 0 Å². The highest BCUT2D eigenvalue weighted by atomic mass is 16.5. The van der Waals surface area contributed by atoms with Gasteiger partial charge in [0.05, 0.1) is 25.8 Å². The zero-order chi connectivity index (χ0) is 22.2. The zero-order valence-corrected chi connectivity index (χ0v) is 18.4. The Balaban J connectivity index is 1.31. The van der Waals surface area contributed by atoms with E-state index in [1.165, 1.54) is 5.56 Å².